The van der Waals surface area contributed by atoms with Crippen LogP contribution < -0.4 is 98.3 Å². The number of rotatable bonds is 2. The molecule has 0 spiro atoms. The molecule has 7 aromatic rings. The van der Waals surface area contributed by atoms with Crippen LogP contribution in [0.3, 0.4) is 0 Å². The van der Waals surface area contributed by atoms with Crippen molar-refractivity contribution in [2.24, 2.45) is 0 Å². The molecule has 5 aromatic carbocycles. The summed E-state index contributed by atoms with van der Waals surface area (Å²) in [6.45, 7) is 0. The van der Waals surface area contributed by atoms with E-state index in [1.54, 1.807) is 0 Å². The Morgan fingerprint density at radius 2 is 0.540 bits per heavy atom. The highest BCUT2D eigenvalue weighted by atomic mass is 32.1. The van der Waals surface area contributed by atoms with Gasteiger partial charge >= 0.3 is 0 Å². The first-order chi connectivity index (χ1) is 23.4. The van der Waals surface area contributed by atoms with E-state index in [9.17, 15) is 0 Å². The average molecular weight is 602 g/mol. The maximum atomic E-state index is 6.89. The third kappa shape index (κ3) is 4.45. The minimum Gasteiger partial charge on any atom is -0.354 e. The smallest absolute Gasteiger partial charge is 0.115 e. The number of hydrogen-bond acceptors (Lipinski definition) is 1. The molecule has 50 heavy (non-hydrogen) atoms. The Labute approximate surface area is 318 Å². The van der Waals surface area contributed by atoms with Crippen LogP contribution in [0.2, 0.25) is 0 Å². The Kier molecular flexibility index (Phi) is 8.50. The Balaban J connectivity index is 1.66. The van der Waals surface area contributed by atoms with E-state index in [1.807, 2.05) is 0 Å². The fourth-order valence-electron chi connectivity index (χ4n) is 6.83. The molecule has 0 saturated heterocycles. The van der Waals surface area contributed by atoms with Crippen molar-refractivity contribution < 1.29 is 0 Å². The second-order valence-electron chi connectivity index (χ2n) is 12.1. The predicted molar refractivity (Wildman–Crippen MR) is 237 cm³/mol. The van der Waals surface area contributed by atoms with E-state index in [-0.39, 0.29) is 121 Å². The van der Waals surface area contributed by atoms with Crippen molar-refractivity contribution in [1.29, 1.82) is 0 Å². The lowest BCUT2D eigenvalue weighted by molar-refractivity contribution is 1.60. The normalized spacial score (nSPS) is 11.8. The summed E-state index contributed by atoms with van der Waals surface area (Å²) in [5.41, 5.74) is 2.57. The lowest BCUT2D eigenvalue weighted by Gasteiger charge is -2.26. The molecule has 0 atom stereocenters. The molecule has 7 rings (SSSR count). The van der Waals surface area contributed by atoms with E-state index in [2.05, 4.69) is 4.98 Å². The van der Waals surface area contributed by atoms with Crippen molar-refractivity contribution in [3.63, 3.8) is 0 Å². The van der Waals surface area contributed by atoms with E-state index in [0.29, 0.717) is 42.0 Å². The molecule has 0 amide bonds. The minimum absolute atomic E-state index is 0.000475. The SMILES string of the molecule is [B]c1c([B])c([B])c(-c2c([B])c([B])c3[nH]c4c5sc6c([B])c([B])c(-c7c([B])c([B])c([B])c([B])c7[B])c([B])c6c5c([B])c([B])c4c3c2[B])c([B])c1[B]. The summed E-state index contributed by atoms with van der Waals surface area (Å²) in [5.74, 6) is 0. The topological polar surface area (TPSA) is 15.8 Å². The highest BCUT2D eigenvalue weighted by molar-refractivity contribution is 7.28. The van der Waals surface area contributed by atoms with Crippen LogP contribution in [0.15, 0.2) is 0 Å². The fraction of sp³-hybridized carbons (Fsp3) is 0. The van der Waals surface area contributed by atoms with Crippen molar-refractivity contribution in [2.75, 3.05) is 0 Å². The maximum Gasteiger partial charge on any atom is 0.115 e. The van der Waals surface area contributed by atoms with Crippen LogP contribution in [-0.4, -0.2) is 146 Å². The van der Waals surface area contributed by atoms with Gasteiger partial charge in [-0.3, -0.25) is 0 Å². The second kappa shape index (κ2) is 11.9. The standard InChI is InChI=1S/C30HB18NS/c31-9-1(3-11(33)19(41)23(45)20(42)12(3)34)15(37)25(47)27-5(9)6-17(39)18(40)8-7-10(32)2(4-13(35)21(43)24(46)22(44)14(4)36)16(38)26(48)29(7)50-30(8)28(6)49-27/h49H. The van der Waals surface area contributed by atoms with Gasteiger partial charge in [0.2, 0.25) is 0 Å². The molecule has 0 aliphatic heterocycles. The number of nitrogens with one attached hydrogen (secondary N) is 1. The molecular weight excluding hydrogens is 601 g/mol. The first kappa shape index (κ1) is 35.7. The largest absolute Gasteiger partial charge is 0.354 e. The number of benzene rings is 5. The highest BCUT2D eigenvalue weighted by Crippen LogP contribution is 2.37. The van der Waals surface area contributed by atoms with Gasteiger partial charge in [0, 0.05) is 15.6 Å². The van der Waals surface area contributed by atoms with Crippen LogP contribution >= 0.6 is 11.3 Å². The van der Waals surface area contributed by atoms with Gasteiger partial charge in [-0.2, -0.15) is 0 Å². The Hall–Kier alpha value is -2.71. The Bertz CT molecular complexity index is 2500. The number of H-pyrrole nitrogens is 1. The van der Waals surface area contributed by atoms with E-state index < -0.39 is 0 Å². The van der Waals surface area contributed by atoms with Gasteiger partial charge in [-0.15, -0.1) is 44.1 Å². The van der Waals surface area contributed by atoms with Crippen molar-refractivity contribution in [1.82, 2.24) is 4.98 Å². The van der Waals surface area contributed by atoms with Gasteiger partial charge < -0.3 is 4.98 Å². The minimum atomic E-state index is 0.000475. The summed E-state index contributed by atoms with van der Waals surface area (Å²) < 4.78 is 1.09. The van der Waals surface area contributed by atoms with E-state index >= 15 is 0 Å². The third-order valence-corrected chi connectivity index (χ3v) is 10.8. The van der Waals surface area contributed by atoms with Gasteiger partial charge in [-0.25, -0.2) is 0 Å². The second-order valence-corrected chi connectivity index (χ2v) is 13.1. The maximum absolute atomic E-state index is 6.89. The average Bonchev–Trinajstić information content (AvgIpc) is 3.69. The van der Waals surface area contributed by atoms with Gasteiger partial charge in [0.05, 0.1) is 10.2 Å². The fourth-order valence-corrected chi connectivity index (χ4v) is 8.14. The van der Waals surface area contributed by atoms with E-state index in [1.165, 1.54) is 11.3 Å². The number of thiophene rings is 1. The molecule has 1 nitrogen and oxygen atoms in total. The van der Waals surface area contributed by atoms with Crippen LogP contribution in [0.1, 0.15) is 0 Å². The predicted octanol–water partition coefficient (Wildman–Crippen LogP) is -12.7. The number of hydrogen-bond donors (Lipinski definition) is 1. The monoisotopic (exact) mass is 605 g/mol. The molecular formula is C30HB18NS. The van der Waals surface area contributed by atoms with Crippen molar-refractivity contribution in [3.05, 3.63) is 0 Å². The first-order valence-electron chi connectivity index (χ1n) is 14.6. The van der Waals surface area contributed by atoms with E-state index in [0.717, 1.165) is 0 Å². The van der Waals surface area contributed by atoms with Crippen LogP contribution in [0.25, 0.3) is 64.2 Å². The van der Waals surface area contributed by atoms with Crippen LogP contribution in [0.5, 0.6) is 0 Å². The van der Waals surface area contributed by atoms with Crippen molar-refractivity contribution in [2.45, 2.75) is 0 Å². The molecule has 0 aliphatic carbocycles. The van der Waals surface area contributed by atoms with Gasteiger partial charge in [0.15, 0.2) is 0 Å². The summed E-state index contributed by atoms with van der Waals surface area (Å²) in [4.78, 5) is 3.34. The summed E-state index contributed by atoms with van der Waals surface area (Å²) in [6.07, 6.45) is 0. The number of fused-ring (bicyclic) bond motifs is 7. The molecule has 1 N–H and O–H groups in total. The molecule has 0 aliphatic rings. The zero-order valence-corrected chi connectivity index (χ0v) is 27.1. The molecule has 0 fully saturated rings. The van der Waals surface area contributed by atoms with Crippen LogP contribution in [0.4, 0.5) is 0 Å². The van der Waals surface area contributed by atoms with Crippen molar-refractivity contribution in [3.8, 4) is 22.3 Å². The van der Waals surface area contributed by atoms with Gasteiger partial charge in [0.25, 0.3) is 0 Å². The van der Waals surface area contributed by atoms with Crippen LogP contribution in [-0.2, 0) is 0 Å². The molecule has 0 bridgehead atoms. The van der Waals surface area contributed by atoms with E-state index in [4.69, 9.17) is 141 Å². The Morgan fingerprint density at radius 3 is 1.00 bits per heavy atom. The zero-order chi connectivity index (χ0) is 36.7. The number of aromatic amines is 1. The lowest BCUT2D eigenvalue weighted by atomic mass is 9.57. The quantitative estimate of drug-likeness (QED) is 0.190. The summed E-state index contributed by atoms with van der Waals surface area (Å²) in [5, 5.41) is 1.69. The number of aromatic nitrogens is 1. The molecule has 0 unspecified atom stereocenters. The van der Waals surface area contributed by atoms with Crippen molar-refractivity contribution >= 4 is 293 Å². The molecule has 2 aromatic heterocycles. The summed E-state index contributed by atoms with van der Waals surface area (Å²) in [7, 11) is 116. The first-order valence-corrected chi connectivity index (χ1v) is 15.4. The van der Waals surface area contributed by atoms with Gasteiger partial charge in [-0.05, 0) is 38.4 Å². The zero-order valence-electron chi connectivity index (χ0n) is 26.3. The van der Waals surface area contributed by atoms with Crippen LogP contribution in [0, 0.1) is 0 Å². The van der Waals surface area contributed by atoms with Gasteiger partial charge in [-0.1, -0.05) is 65.6 Å². The highest BCUT2D eigenvalue weighted by Gasteiger charge is 2.26. The lowest BCUT2D eigenvalue weighted by Crippen LogP contribution is -2.56. The Morgan fingerprint density at radius 1 is 0.240 bits per heavy atom. The molecule has 0 saturated carbocycles. The summed E-state index contributed by atoms with van der Waals surface area (Å²) in [6, 6.07) is 0. The van der Waals surface area contributed by atoms with Gasteiger partial charge in [0.1, 0.15) is 141 Å². The molecule has 186 valence electrons. The summed E-state index contributed by atoms with van der Waals surface area (Å²) >= 11 is 1.25. The molecule has 36 radical (unpaired) electrons. The third-order valence-electron chi connectivity index (χ3n) is 9.57. The molecule has 2 heterocycles. The molecule has 20 heteroatoms.